The fourth-order valence-corrected chi connectivity index (χ4v) is 3.99. The van der Waals surface area contributed by atoms with Crippen LogP contribution in [0, 0.1) is 0 Å². The highest BCUT2D eigenvalue weighted by Gasteiger charge is 2.47. The first-order valence-corrected chi connectivity index (χ1v) is 10.2. The van der Waals surface area contributed by atoms with Gasteiger partial charge in [-0.25, -0.2) is 4.68 Å². The van der Waals surface area contributed by atoms with Gasteiger partial charge in [0.25, 0.3) is 5.91 Å². The third-order valence-corrected chi connectivity index (χ3v) is 5.72. The summed E-state index contributed by atoms with van der Waals surface area (Å²) in [5.74, 6) is -0.649. The van der Waals surface area contributed by atoms with E-state index in [0.29, 0.717) is 5.56 Å². The fraction of sp³-hybridized carbons (Fsp3) is 0.273. The molecule has 162 valence electrons. The quantitative estimate of drug-likeness (QED) is 0.539. The molecule has 1 aliphatic heterocycles. The molecule has 1 aromatic heterocycles. The van der Waals surface area contributed by atoms with Crippen LogP contribution in [0.1, 0.15) is 53.1 Å². The van der Waals surface area contributed by atoms with Crippen molar-refractivity contribution >= 4 is 23.3 Å². The maximum Gasteiger partial charge on any atom is 0.410 e. The molecule has 0 radical (unpaired) electrons. The summed E-state index contributed by atoms with van der Waals surface area (Å²) in [4.78, 5) is 12.8. The minimum Gasteiger partial charge on any atom is -0.362 e. The number of amides is 1. The molecule has 31 heavy (non-hydrogen) atoms. The lowest BCUT2D eigenvalue weighted by atomic mass is 9.97. The lowest BCUT2D eigenvalue weighted by molar-refractivity contribution is -0.173. The Labute approximate surface area is 182 Å². The summed E-state index contributed by atoms with van der Waals surface area (Å²) in [5, 5.41) is 9.61. The number of alkyl halides is 3. The number of fused-ring (bicyclic) bond motifs is 1. The Morgan fingerprint density at radius 1 is 1.16 bits per heavy atom. The lowest BCUT2D eigenvalue weighted by Crippen LogP contribution is -2.36. The molecule has 0 bridgehead atoms. The average molecular weight is 449 g/mol. The number of nitrogens with one attached hydrogen (secondary N) is 2. The van der Waals surface area contributed by atoms with Crippen molar-refractivity contribution in [3.8, 4) is 0 Å². The molecular formula is C22H20ClF3N4O. The smallest absolute Gasteiger partial charge is 0.362 e. The van der Waals surface area contributed by atoms with Crippen molar-refractivity contribution in [3.63, 3.8) is 0 Å². The van der Waals surface area contributed by atoms with Crippen LogP contribution in [0.25, 0.3) is 0 Å². The molecule has 2 aromatic carbocycles. The molecule has 2 N–H and O–H groups in total. The second kappa shape index (κ2) is 8.26. The van der Waals surface area contributed by atoms with Crippen LogP contribution in [0.3, 0.4) is 0 Å². The third-order valence-electron chi connectivity index (χ3n) is 5.36. The highest BCUT2D eigenvalue weighted by atomic mass is 35.5. The Bertz CT molecular complexity index is 1070. The normalized spacial score (nSPS) is 19.3. The van der Waals surface area contributed by atoms with Crippen LogP contribution < -0.4 is 10.6 Å². The van der Waals surface area contributed by atoms with E-state index in [1.165, 1.54) is 0 Å². The Balaban J connectivity index is 1.66. The Morgan fingerprint density at radius 3 is 2.39 bits per heavy atom. The molecule has 4 rings (SSSR count). The molecule has 0 aliphatic carbocycles. The molecule has 3 aromatic rings. The van der Waals surface area contributed by atoms with Gasteiger partial charge in [0.1, 0.15) is 10.8 Å². The van der Waals surface area contributed by atoms with Crippen LogP contribution in [-0.2, 0) is 0 Å². The first-order chi connectivity index (χ1) is 14.8. The van der Waals surface area contributed by atoms with E-state index >= 15 is 0 Å². The zero-order valence-corrected chi connectivity index (χ0v) is 17.3. The van der Waals surface area contributed by atoms with Gasteiger partial charge in [0.15, 0.2) is 11.7 Å². The number of aromatic nitrogens is 2. The summed E-state index contributed by atoms with van der Waals surface area (Å²) < 4.78 is 42.3. The number of nitrogens with zero attached hydrogens (tertiary/aromatic N) is 2. The molecule has 3 atom stereocenters. The van der Waals surface area contributed by atoms with E-state index in [9.17, 15) is 18.0 Å². The van der Waals surface area contributed by atoms with Gasteiger partial charge in [0.05, 0.1) is 12.1 Å². The fourth-order valence-electron chi connectivity index (χ4n) is 3.73. The molecule has 0 unspecified atom stereocenters. The predicted molar refractivity (Wildman–Crippen MR) is 112 cm³/mol. The average Bonchev–Trinajstić information content (AvgIpc) is 3.10. The maximum atomic E-state index is 13.9. The van der Waals surface area contributed by atoms with Crippen LogP contribution in [-0.4, -0.2) is 21.9 Å². The second-order valence-electron chi connectivity index (χ2n) is 7.46. The molecule has 0 fully saturated rings. The number of carbonyl (C=O) groups excluding carboxylic acids is 1. The molecule has 0 saturated heterocycles. The third kappa shape index (κ3) is 4.25. The van der Waals surface area contributed by atoms with E-state index in [1.807, 2.05) is 30.3 Å². The van der Waals surface area contributed by atoms with Crippen molar-refractivity contribution < 1.29 is 18.0 Å². The Hall–Kier alpha value is -3.00. The van der Waals surface area contributed by atoms with E-state index in [4.69, 9.17) is 11.6 Å². The van der Waals surface area contributed by atoms with Gasteiger partial charge in [-0.05, 0) is 18.1 Å². The zero-order valence-electron chi connectivity index (χ0n) is 16.5. The summed E-state index contributed by atoms with van der Waals surface area (Å²) >= 11 is 6.36. The number of carbonyl (C=O) groups is 1. The number of halogens is 4. The van der Waals surface area contributed by atoms with Gasteiger partial charge in [-0.3, -0.25) is 4.79 Å². The molecule has 2 heterocycles. The van der Waals surface area contributed by atoms with E-state index in [-0.39, 0.29) is 29.0 Å². The van der Waals surface area contributed by atoms with Gasteiger partial charge in [0, 0.05) is 6.42 Å². The highest BCUT2D eigenvalue weighted by molar-refractivity contribution is 6.36. The maximum absolute atomic E-state index is 13.9. The van der Waals surface area contributed by atoms with Crippen molar-refractivity contribution in [2.24, 2.45) is 0 Å². The highest BCUT2D eigenvalue weighted by Crippen LogP contribution is 2.46. The van der Waals surface area contributed by atoms with Gasteiger partial charge in [-0.2, -0.15) is 18.3 Å². The number of hydrogen-bond donors (Lipinski definition) is 2. The van der Waals surface area contributed by atoms with Crippen molar-refractivity contribution in [1.82, 2.24) is 15.1 Å². The zero-order chi connectivity index (χ0) is 22.2. The van der Waals surface area contributed by atoms with E-state index in [1.54, 1.807) is 37.3 Å². The molecule has 5 nitrogen and oxygen atoms in total. The largest absolute Gasteiger partial charge is 0.410 e. The van der Waals surface area contributed by atoms with Crippen molar-refractivity contribution in [3.05, 3.63) is 82.5 Å². The standard InChI is InChI=1S/C22H20ClF3N4O/c1-13(14-8-4-2-5-9-14)27-21(31)19-18(23)20-28-16(15-10-6-3-7-11-15)12-17(22(24,25)26)30(20)29-19/h2-11,13,16-17,28H,12H2,1H3,(H,27,31)/t13-,16+,17+/m0/s1. The van der Waals surface area contributed by atoms with Crippen LogP contribution in [0.2, 0.25) is 5.02 Å². The summed E-state index contributed by atoms with van der Waals surface area (Å²) in [5.41, 5.74) is 1.31. The van der Waals surface area contributed by atoms with Crippen LogP contribution in [0.4, 0.5) is 19.0 Å². The summed E-state index contributed by atoms with van der Waals surface area (Å²) in [6.07, 6.45) is -4.82. The van der Waals surface area contributed by atoms with Crippen molar-refractivity contribution in [2.45, 2.75) is 37.6 Å². The number of anilines is 1. The topological polar surface area (TPSA) is 59.0 Å². The lowest BCUT2D eigenvalue weighted by Gasteiger charge is -2.33. The first-order valence-electron chi connectivity index (χ1n) is 9.77. The minimum atomic E-state index is -4.55. The SMILES string of the molecule is C[C@H](NC(=O)c1nn2c(c1Cl)N[C@@H](c1ccccc1)C[C@@H]2C(F)(F)F)c1ccccc1. The molecule has 0 saturated carbocycles. The van der Waals surface area contributed by atoms with Gasteiger partial charge in [0.2, 0.25) is 0 Å². The van der Waals surface area contributed by atoms with E-state index in [0.717, 1.165) is 10.2 Å². The summed E-state index contributed by atoms with van der Waals surface area (Å²) in [6, 6.07) is 15.1. The van der Waals surface area contributed by atoms with Crippen molar-refractivity contribution in [1.29, 1.82) is 0 Å². The van der Waals surface area contributed by atoms with Gasteiger partial charge < -0.3 is 10.6 Å². The molecular weight excluding hydrogens is 429 g/mol. The first kappa shape index (κ1) is 21.2. The summed E-state index contributed by atoms with van der Waals surface area (Å²) in [7, 11) is 0. The van der Waals surface area contributed by atoms with Crippen LogP contribution in [0.15, 0.2) is 60.7 Å². The predicted octanol–water partition coefficient (Wildman–Crippen LogP) is 5.69. The van der Waals surface area contributed by atoms with Gasteiger partial charge in [-0.1, -0.05) is 72.3 Å². The molecule has 9 heteroatoms. The minimum absolute atomic E-state index is 0.0124. The molecule has 1 amide bonds. The number of benzene rings is 2. The van der Waals surface area contributed by atoms with Crippen LogP contribution in [0.5, 0.6) is 0 Å². The number of hydrogen-bond acceptors (Lipinski definition) is 3. The number of rotatable bonds is 4. The molecule has 0 spiro atoms. The Morgan fingerprint density at radius 2 is 1.77 bits per heavy atom. The van der Waals surface area contributed by atoms with Gasteiger partial charge >= 0.3 is 6.18 Å². The van der Waals surface area contributed by atoms with Crippen molar-refractivity contribution in [2.75, 3.05) is 5.32 Å². The van der Waals surface area contributed by atoms with Gasteiger partial charge in [-0.15, -0.1) is 0 Å². The molecule has 1 aliphatic rings. The monoisotopic (exact) mass is 448 g/mol. The van der Waals surface area contributed by atoms with Crippen LogP contribution >= 0.6 is 11.6 Å². The van der Waals surface area contributed by atoms with E-state index < -0.39 is 24.2 Å². The summed E-state index contributed by atoms with van der Waals surface area (Å²) in [6.45, 7) is 1.78. The second-order valence-corrected chi connectivity index (χ2v) is 7.84. The van der Waals surface area contributed by atoms with E-state index in [2.05, 4.69) is 15.7 Å². The Kier molecular flexibility index (Phi) is 5.66.